The van der Waals surface area contributed by atoms with Crippen molar-refractivity contribution in [2.75, 3.05) is 5.73 Å². The Morgan fingerprint density at radius 1 is 1.36 bits per heavy atom. The monoisotopic (exact) mass is 204 g/mol. The van der Waals surface area contributed by atoms with Crippen molar-refractivity contribution < 1.29 is 0 Å². The van der Waals surface area contributed by atoms with Crippen LogP contribution in [0.25, 0.3) is 11.3 Å². The number of pyridine rings is 1. The van der Waals surface area contributed by atoms with Crippen LogP contribution in [-0.2, 0) is 0 Å². The van der Waals surface area contributed by atoms with Crippen molar-refractivity contribution in [1.29, 1.82) is 0 Å². The van der Waals surface area contributed by atoms with Gasteiger partial charge in [-0.05, 0) is 25.5 Å². The van der Waals surface area contributed by atoms with Crippen LogP contribution < -0.4 is 5.73 Å². The molecule has 0 radical (unpaired) electrons. The van der Waals surface area contributed by atoms with Gasteiger partial charge in [-0.3, -0.25) is 4.98 Å². The Bertz CT molecular complexity index is 460. The van der Waals surface area contributed by atoms with Crippen LogP contribution in [0.5, 0.6) is 0 Å². The summed E-state index contributed by atoms with van der Waals surface area (Å²) in [5.41, 5.74) is 10.1. The predicted octanol–water partition coefficient (Wildman–Crippen LogP) is 3.01. The summed E-state index contributed by atoms with van der Waals surface area (Å²) in [7, 11) is 0. The number of nitrogens with two attached hydrogens (primary N) is 1. The highest BCUT2D eigenvalue weighted by atomic mass is 32.1. The molecule has 2 N–H and O–H groups in total. The summed E-state index contributed by atoms with van der Waals surface area (Å²) in [6.07, 6.45) is 1.80. The van der Waals surface area contributed by atoms with E-state index in [4.69, 9.17) is 5.73 Å². The van der Waals surface area contributed by atoms with Gasteiger partial charge in [0.2, 0.25) is 0 Å². The third-order valence-corrected chi connectivity index (χ3v) is 3.21. The van der Waals surface area contributed by atoms with Crippen LogP contribution in [-0.4, -0.2) is 4.98 Å². The van der Waals surface area contributed by atoms with Gasteiger partial charge >= 0.3 is 0 Å². The molecule has 3 heteroatoms. The van der Waals surface area contributed by atoms with Gasteiger partial charge in [0.15, 0.2) is 0 Å². The van der Waals surface area contributed by atoms with Crippen molar-refractivity contribution in [3.8, 4) is 11.3 Å². The molecule has 0 spiro atoms. The summed E-state index contributed by atoms with van der Waals surface area (Å²) in [6, 6.07) is 3.99. The van der Waals surface area contributed by atoms with Gasteiger partial charge in [-0.2, -0.15) is 0 Å². The van der Waals surface area contributed by atoms with Gasteiger partial charge in [0, 0.05) is 22.0 Å². The molecule has 2 nitrogen and oxygen atoms in total. The molecule has 0 bridgehead atoms. The number of nitrogens with zero attached hydrogens (tertiary/aromatic N) is 1. The van der Waals surface area contributed by atoms with E-state index >= 15 is 0 Å². The summed E-state index contributed by atoms with van der Waals surface area (Å²) in [5.74, 6) is 0. The standard InChI is InChI=1S/C11H12N2S/c1-7-4-3-5-13-11(7)9-6-14-8(2)10(9)12/h3-6H,12H2,1-2H3. The molecule has 2 aromatic rings. The fraction of sp³-hybridized carbons (Fsp3) is 0.182. The molecular formula is C11H12N2S. The van der Waals surface area contributed by atoms with E-state index in [1.165, 1.54) is 0 Å². The number of anilines is 1. The normalized spacial score (nSPS) is 10.4. The zero-order valence-electron chi connectivity index (χ0n) is 8.24. The first-order chi connectivity index (χ1) is 6.70. The van der Waals surface area contributed by atoms with E-state index in [0.717, 1.165) is 27.4 Å². The molecule has 0 aliphatic carbocycles. The van der Waals surface area contributed by atoms with Crippen LogP contribution in [0.15, 0.2) is 23.7 Å². The summed E-state index contributed by atoms with van der Waals surface area (Å²) in [5, 5.41) is 2.07. The summed E-state index contributed by atoms with van der Waals surface area (Å²) in [6.45, 7) is 4.08. The lowest BCUT2D eigenvalue weighted by atomic mass is 10.1. The van der Waals surface area contributed by atoms with E-state index in [-0.39, 0.29) is 0 Å². The van der Waals surface area contributed by atoms with Crippen LogP contribution in [0.2, 0.25) is 0 Å². The number of thiophene rings is 1. The third-order valence-electron chi connectivity index (χ3n) is 2.29. The number of hydrogen-bond acceptors (Lipinski definition) is 3. The second-order valence-corrected chi connectivity index (χ2v) is 4.37. The molecule has 0 atom stereocenters. The van der Waals surface area contributed by atoms with Gasteiger partial charge in [0.1, 0.15) is 0 Å². The maximum Gasteiger partial charge on any atom is 0.0760 e. The number of aryl methyl sites for hydroxylation is 2. The Labute approximate surface area is 87.4 Å². The molecule has 0 fully saturated rings. The molecule has 0 saturated heterocycles. The van der Waals surface area contributed by atoms with Gasteiger partial charge in [-0.15, -0.1) is 11.3 Å². The molecule has 14 heavy (non-hydrogen) atoms. The second-order valence-electron chi connectivity index (χ2n) is 3.29. The minimum absolute atomic E-state index is 0.858. The fourth-order valence-electron chi connectivity index (χ4n) is 1.41. The maximum atomic E-state index is 5.97. The largest absolute Gasteiger partial charge is 0.397 e. The van der Waals surface area contributed by atoms with Gasteiger partial charge in [0.05, 0.1) is 11.4 Å². The van der Waals surface area contributed by atoms with Gasteiger partial charge in [-0.1, -0.05) is 6.07 Å². The Balaban J connectivity index is 2.60. The first kappa shape index (κ1) is 9.21. The SMILES string of the molecule is Cc1cccnc1-c1csc(C)c1N. The molecule has 72 valence electrons. The first-order valence-electron chi connectivity index (χ1n) is 4.45. The lowest BCUT2D eigenvalue weighted by molar-refractivity contribution is 1.27. The Kier molecular flexibility index (Phi) is 2.25. The fourth-order valence-corrected chi connectivity index (χ4v) is 2.19. The van der Waals surface area contributed by atoms with Crippen LogP contribution in [0, 0.1) is 13.8 Å². The van der Waals surface area contributed by atoms with Gasteiger partial charge in [0.25, 0.3) is 0 Å². The minimum atomic E-state index is 0.858. The molecule has 0 saturated carbocycles. The van der Waals surface area contributed by atoms with Crippen LogP contribution in [0.1, 0.15) is 10.4 Å². The molecular weight excluding hydrogens is 192 g/mol. The van der Waals surface area contributed by atoms with E-state index in [1.807, 2.05) is 13.0 Å². The molecule has 0 amide bonds. The van der Waals surface area contributed by atoms with E-state index in [2.05, 4.69) is 23.4 Å². The molecule has 0 unspecified atom stereocenters. The van der Waals surface area contributed by atoms with Gasteiger partial charge < -0.3 is 5.73 Å². The first-order valence-corrected chi connectivity index (χ1v) is 5.33. The zero-order valence-corrected chi connectivity index (χ0v) is 9.06. The second kappa shape index (κ2) is 3.42. The van der Waals surface area contributed by atoms with Crippen molar-refractivity contribution in [2.45, 2.75) is 13.8 Å². The van der Waals surface area contributed by atoms with Crippen molar-refractivity contribution in [2.24, 2.45) is 0 Å². The van der Waals surface area contributed by atoms with E-state index in [9.17, 15) is 0 Å². The highest BCUT2D eigenvalue weighted by molar-refractivity contribution is 7.11. The number of aromatic nitrogens is 1. The molecule has 2 rings (SSSR count). The van der Waals surface area contributed by atoms with E-state index in [0.29, 0.717) is 0 Å². The Morgan fingerprint density at radius 2 is 2.14 bits per heavy atom. The molecule has 0 aromatic carbocycles. The minimum Gasteiger partial charge on any atom is -0.397 e. The van der Waals surface area contributed by atoms with Crippen LogP contribution in [0.3, 0.4) is 0 Å². The lowest BCUT2D eigenvalue weighted by Crippen LogP contribution is -1.91. The van der Waals surface area contributed by atoms with Crippen LogP contribution in [0.4, 0.5) is 5.69 Å². The molecule has 0 aliphatic heterocycles. The van der Waals surface area contributed by atoms with E-state index < -0.39 is 0 Å². The average molecular weight is 204 g/mol. The molecule has 2 aromatic heterocycles. The van der Waals surface area contributed by atoms with Crippen molar-refractivity contribution in [3.63, 3.8) is 0 Å². The topological polar surface area (TPSA) is 38.9 Å². The Hall–Kier alpha value is -1.35. The number of rotatable bonds is 1. The van der Waals surface area contributed by atoms with Gasteiger partial charge in [-0.25, -0.2) is 0 Å². The predicted molar refractivity (Wildman–Crippen MR) is 61.4 cm³/mol. The lowest BCUT2D eigenvalue weighted by Gasteiger charge is -2.03. The average Bonchev–Trinajstić information content (AvgIpc) is 2.49. The highest BCUT2D eigenvalue weighted by Crippen LogP contribution is 2.33. The quantitative estimate of drug-likeness (QED) is 0.775. The Morgan fingerprint density at radius 3 is 2.71 bits per heavy atom. The third kappa shape index (κ3) is 1.40. The number of hydrogen-bond donors (Lipinski definition) is 1. The van der Waals surface area contributed by atoms with Crippen molar-refractivity contribution >= 4 is 17.0 Å². The van der Waals surface area contributed by atoms with Crippen LogP contribution >= 0.6 is 11.3 Å². The summed E-state index contributed by atoms with van der Waals surface area (Å²) >= 11 is 1.67. The summed E-state index contributed by atoms with van der Waals surface area (Å²) in [4.78, 5) is 5.51. The smallest absolute Gasteiger partial charge is 0.0760 e. The maximum absolute atomic E-state index is 5.97. The van der Waals surface area contributed by atoms with Crippen molar-refractivity contribution in [3.05, 3.63) is 34.2 Å². The van der Waals surface area contributed by atoms with E-state index in [1.54, 1.807) is 17.5 Å². The number of nitrogen functional groups attached to an aromatic ring is 1. The molecule has 2 heterocycles. The summed E-state index contributed by atoms with van der Waals surface area (Å²) < 4.78 is 0. The highest BCUT2D eigenvalue weighted by Gasteiger charge is 2.09. The zero-order chi connectivity index (χ0) is 10.1. The van der Waals surface area contributed by atoms with Crippen molar-refractivity contribution in [1.82, 2.24) is 4.98 Å². The molecule has 0 aliphatic rings.